The standard InChI is InChI=1S/C26H24N4O3/c1-33-21-11-7-10-20(18-21)30-25(31)23-13-6-5-12-22(23)24(27-30)26(32)29-16-14-28(15-17-29)19-8-3-2-4-9-19/h2-13,18H,14-17H2,1H3. The molecule has 0 bridgehead atoms. The predicted molar refractivity (Wildman–Crippen MR) is 128 cm³/mol. The van der Waals surface area contributed by atoms with Gasteiger partial charge in [-0.15, -0.1) is 0 Å². The first-order valence-corrected chi connectivity index (χ1v) is 10.9. The molecule has 0 aliphatic carbocycles. The molecule has 33 heavy (non-hydrogen) atoms. The Morgan fingerprint density at radius 1 is 0.818 bits per heavy atom. The fourth-order valence-corrected chi connectivity index (χ4v) is 4.22. The molecule has 1 amide bonds. The summed E-state index contributed by atoms with van der Waals surface area (Å²) in [6, 6.07) is 24.4. The molecule has 0 N–H and O–H groups in total. The Morgan fingerprint density at radius 3 is 2.21 bits per heavy atom. The first kappa shape index (κ1) is 20.8. The summed E-state index contributed by atoms with van der Waals surface area (Å²) in [5.41, 5.74) is 1.71. The average Bonchev–Trinajstić information content (AvgIpc) is 2.89. The molecule has 1 aliphatic rings. The number of benzene rings is 3. The summed E-state index contributed by atoms with van der Waals surface area (Å²) in [7, 11) is 1.57. The van der Waals surface area contributed by atoms with Gasteiger partial charge in [0.1, 0.15) is 5.75 Å². The van der Waals surface area contributed by atoms with E-state index in [1.165, 1.54) is 4.68 Å². The van der Waals surface area contributed by atoms with Gasteiger partial charge in [0.2, 0.25) is 0 Å². The van der Waals surface area contributed by atoms with Crippen molar-refractivity contribution in [2.24, 2.45) is 0 Å². The van der Waals surface area contributed by atoms with Gasteiger partial charge in [0.25, 0.3) is 11.5 Å². The molecule has 0 unspecified atom stereocenters. The Balaban J connectivity index is 1.50. The van der Waals surface area contributed by atoms with E-state index >= 15 is 0 Å². The number of ether oxygens (including phenoxy) is 1. The second-order valence-corrected chi connectivity index (χ2v) is 7.93. The number of aromatic nitrogens is 2. The van der Waals surface area contributed by atoms with E-state index in [1.54, 1.807) is 49.6 Å². The van der Waals surface area contributed by atoms with Crippen LogP contribution >= 0.6 is 0 Å². The number of amides is 1. The lowest BCUT2D eigenvalue weighted by atomic mass is 10.1. The van der Waals surface area contributed by atoms with Crippen LogP contribution in [-0.4, -0.2) is 53.9 Å². The minimum atomic E-state index is -0.274. The van der Waals surface area contributed by atoms with Gasteiger partial charge in [-0.1, -0.05) is 42.5 Å². The Morgan fingerprint density at radius 2 is 1.48 bits per heavy atom. The van der Waals surface area contributed by atoms with Crippen LogP contribution in [0.25, 0.3) is 16.5 Å². The Bertz CT molecular complexity index is 1360. The van der Waals surface area contributed by atoms with Crippen molar-refractivity contribution in [1.82, 2.24) is 14.7 Å². The van der Waals surface area contributed by atoms with Crippen molar-refractivity contribution in [3.05, 3.63) is 94.9 Å². The zero-order valence-corrected chi connectivity index (χ0v) is 18.3. The van der Waals surface area contributed by atoms with Crippen molar-refractivity contribution in [3.63, 3.8) is 0 Å². The molecule has 3 aromatic carbocycles. The summed E-state index contributed by atoms with van der Waals surface area (Å²) in [5, 5.41) is 5.57. The van der Waals surface area contributed by atoms with E-state index in [0.717, 1.165) is 18.8 Å². The van der Waals surface area contributed by atoms with Crippen molar-refractivity contribution >= 4 is 22.4 Å². The SMILES string of the molecule is COc1cccc(-n2nc(C(=O)N3CCN(c4ccccc4)CC3)c3ccccc3c2=O)c1. The summed E-state index contributed by atoms with van der Waals surface area (Å²) in [6.07, 6.45) is 0. The zero-order chi connectivity index (χ0) is 22.8. The van der Waals surface area contributed by atoms with Crippen molar-refractivity contribution in [2.45, 2.75) is 0 Å². The van der Waals surface area contributed by atoms with Crippen LogP contribution < -0.4 is 15.2 Å². The fourth-order valence-electron chi connectivity index (χ4n) is 4.22. The van der Waals surface area contributed by atoms with Crippen molar-refractivity contribution < 1.29 is 9.53 Å². The number of nitrogens with zero attached hydrogens (tertiary/aromatic N) is 4. The van der Waals surface area contributed by atoms with Crippen molar-refractivity contribution in [2.75, 3.05) is 38.2 Å². The molecule has 4 aromatic rings. The minimum Gasteiger partial charge on any atom is -0.497 e. The molecule has 0 saturated carbocycles. The van der Waals surface area contributed by atoms with Gasteiger partial charge in [-0.3, -0.25) is 9.59 Å². The molecule has 1 fully saturated rings. The number of anilines is 1. The largest absolute Gasteiger partial charge is 0.497 e. The Kier molecular flexibility index (Phi) is 5.52. The molecule has 1 aromatic heterocycles. The van der Waals surface area contributed by atoms with Gasteiger partial charge in [0, 0.05) is 43.3 Å². The van der Waals surface area contributed by atoms with Gasteiger partial charge in [0.05, 0.1) is 18.2 Å². The van der Waals surface area contributed by atoms with Crippen LogP contribution in [0.3, 0.4) is 0 Å². The van der Waals surface area contributed by atoms with Crippen LogP contribution in [0, 0.1) is 0 Å². The number of piperazine rings is 1. The number of carbonyl (C=O) groups is 1. The molecule has 2 heterocycles. The summed E-state index contributed by atoms with van der Waals surface area (Å²) < 4.78 is 6.59. The van der Waals surface area contributed by atoms with Crippen molar-refractivity contribution in [1.29, 1.82) is 0 Å². The highest BCUT2D eigenvalue weighted by molar-refractivity contribution is 6.05. The minimum absolute atomic E-state index is 0.171. The third-order valence-electron chi connectivity index (χ3n) is 5.99. The average molecular weight is 441 g/mol. The molecule has 0 atom stereocenters. The summed E-state index contributed by atoms with van der Waals surface area (Å²) in [6.45, 7) is 2.65. The molecule has 0 spiro atoms. The maximum Gasteiger partial charge on any atom is 0.279 e. The smallest absolute Gasteiger partial charge is 0.279 e. The van der Waals surface area contributed by atoms with Gasteiger partial charge in [-0.05, 0) is 30.3 Å². The highest BCUT2D eigenvalue weighted by Crippen LogP contribution is 2.21. The first-order valence-electron chi connectivity index (χ1n) is 10.9. The Hall–Kier alpha value is -4.13. The van der Waals surface area contributed by atoms with E-state index in [2.05, 4.69) is 22.1 Å². The van der Waals surface area contributed by atoms with Gasteiger partial charge in [0.15, 0.2) is 5.69 Å². The predicted octanol–water partition coefficient (Wildman–Crippen LogP) is 3.36. The van der Waals surface area contributed by atoms with E-state index in [0.29, 0.717) is 35.3 Å². The van der Waals surface area contributed by atoms with Crippen LogP contribution in [0.5, 0.6) is 5.75 Å². The lowest BCUT2D eigenvalue weighted by Gasteiger charge is -2.36. The van der Waals surface area contributed by atoms with Crippen molar-refractivity contribution in [3.8, 4) is 11.4 Å². The molecule has 1 aliphatic heterocycles. The molecular weight excluding hydrogens is 416 g/mol. The van der Waals surface area contributed by atoms with Crippen LogP contribution in [0.4, 0.5) is 5.69 Å². The highest BCUT2D eigenvalue weighted by Gasteiger charge is 2.26. The molecule has 5 rings (SSSR count). The van der Waals surface area contributed by atoms with E-state index in [-0.39, 0.29) is 17.2 Å². The van der Waals surface area contributed by atoms with Gasteiger partial charge >= 0.3 is 0 Å². The van der Waals surface area contributed by atoms with E-state index in [1.807, 2.05) is 29.2 Å². The summed E-state index contributed by atoms with van der Waals surface area (Å²) in [5.74, 6) is 0.440. The fraction of sp³-hybridized carbons (Fsp3) is 0.192. The third kappa shape index (κ3) is 3.93. The van der Waals surface area contributed by atoms with E-state index < -0.39 is 0 Å². The lowest BCUT2D eigenvalue weighted by molar-refractivity contribution is 0.0741. The summed E-state index contributed by atoms with van der Waals surface area (Å²) in [4.78, 5) is 30.9. The second kappa shape index (κ2) is 8.78. The number of fused-ring (bicyclic) bond motifs is 1. The monoisotopic (exact) mass is 440 g/mol. The first-order chi connectivity index (χ1) is 16.2. The normalized spacial score (nSPS) is 13.8. The Labute approximate surface area is 191 Å². The zero-order valence-electron chi connectivity index (χ0n) is 18.3. The van der Waals surface area contributed by atoms with Crippen LogP contribution in [0.15, 0.2) is 83.7 Å². The van der Waals surface area contributed by atoms with Gasteiger partial charge in [-0.25, -0.2) is 0 Å². The third-order valence-corrected chi connectivity index (χ3v) is 5.99. The molecule has 7 heteroatoms. The number of hydrogen-bond donors (Lipinski definition) is 0. The van der Waals surface area contributed by atoms with E-state index in [9.17, 15) is 9.59 Å². The van der Waals surface area contributed by atoms with Crippen LogP contribution in [0.1, 0.15) is 10.5 Å². The lowest BCUT2D eigenvalue weighted by Crippen LogP contribution is -2.49. The number of methoxy groups -OCH3 is 1. The molecule has 7 nitrogen and oxygen atoms in total. The van der Waals surface area contributed by atoms with Crippen LogP contribution in [0.2, 0.25) is 0 Å². The number of para-hydroxylation sites is 1. The quantitative estimate of drug-likeness (QED) is 0.487. The molecular formula is C26H24N4O3. The number of carbonyl (C=O) groups excluding carboxylic acids is 1. The van der Waals surface area contributed by atoms with E-state index in [4.69, 9.17) is 4.74 Å². The number of hydrogen-bond acceptors (Lipinski definition) is 5. The highest BCUT2D eigenvalue weighted by atomic mass is 16.5. The topological polar surface area (TPSA) is 67.7 Å². The molecule has 1 saturated heterocycles. The molecule has 0 radical (unpaired) electrons. The maximum atomic E-state index is 13.6. The van der Waals surface area contributed by atoms with Crippen LogP contribution in [-0.2, 0) is 0 Å². The second-order valence-electron chi connectivity index (χ2n) is 7.93. The van der Waals surface area contributed by atoms with Gasteiger partial charge < -0.3 is 14.5 Å². The van der Waals surface area contributed by atoms with Gasteiger partial charge in [-0.2, -0.15) is 9.78 Å². The summed E-state index contributed by atoms with van der Waals surface area (Å²) >= 11 is 0. The maximum absolute atomic E-state index is 13.6. The molecule has 166 valence electrons. The number of rotatable bonds is 4.